The highest BCUT2D eigenvalue weighted by Gasteiger charge is 1.99. The molecule has 1 nitrogen and oxygen atoms in total. The van der Waals surface area contributed by atoms with E-state index in [0.717, 1.165) is 18.8 Å². The molecule has 0 aliphatic carbocycles. The molecule has 89 valence electrons. The van der Waals surface area contributed by atoms with Crippen molar-refractivity contribution < 1.29 is 4.74 Å². The number of hydrogen-bond acceptors (Lipinski definition) is 1. The summed E-state index contributed by atoms with van der Waals surface area (Å²) in [6.45, 7) is 9.15. The first-order valence-corrected chi connectivity index (χ1v) is 6.30. The van der Waals surface area contributed by atoms with E-state index in [4.69, 9.17) is 4.74 Å². The van der Waals surface area contributed by atoms with Crippen LogP contribution in [0.25, 0.3) is 0 Å². The van der Waals surface area contributed by atoms with Crippen molar-refractivity contribution >= 4 is 0 Å². The summed E-state index contributed by atoms with van der Waals surface area (Å²) in [4.78, 5) is 0. The topological polar surface area (TPSA) is 9.23 Å². The van der Waals surface area contributed by atoms with Crippen LogP contribution in [0.2, 0.25) is 0 Å². The predicted octanol–water partition coefficient (Wildman–Crippen LogP) is 4.58. The first-order chi connectivity index (χ1) is 7.74. The molecule has 0 N–H and O–H groups in total. The highest BCUT2D eigenvalue weighted by Crippen LogP contribution is 2.18. The van der Waals surface area contributed by atoms with Gasteiger partial charge >= 0.3 is 0 Å². The minimum absolute atomic E-state index is 0.346. The smallest absolute Gasteiger partial charge is 0.119 e. The summed E-state index contributed by atoms with van der Waals surface area (Å²) in [7, 11) is 0. The molecule has 1 radical (unpaired) electrons. The van der Waals surface area contributed by atoms with Crippen LogP contribution in [0.1, 0.15) is 51.0 Å². The molecule has 1 unspecified atom stereocenters. The standard InChI is InChI=1S/C15H23O/c1-4-5-6-7-12-16-15-10-8-14(9-11-15)13(2)3/h8-11,13H,2,4-7,12H2,1,3H3. The Hall–Kier alpha value is -0.980. The fourth-order valence-electron chi connectivity index (χ4n) is 1.61. The molecule has 16 heavy (non-hydrogen) atoms. The maximum Gasteiger partial charge on any atom is 0.119 e. The molecule has 0 spiro atoms. The fraction of sp³-hybridized carbons (Fsp3) is 0.533. The Morgan fingerprint density at radius 3 is 2.38 bits per heavy atom. The molecule has 0 saturated heterocycles. The summed E-state index contributed by atoms with van der Waals surface area (Å²) < 4.78 is 5.67. The van der Waals surface area contributed by atoms with Crippen molar-refractivity contribution in [2.75, 3.05) is 6.61 Å². The normalized spacial score (nSPS) is 10.8. The van der Waals surface area contributed by atoms with Crippen LogP contribution in [0.4, 0.5) is 0 Å². The van der Waals surface area contributed by atoms with Gasteiger partial charge in [0.2, 0.25) is 0 Å². The van der Waals surface area contributed by atoms with Gasteiger partial charge in [-0.25, -0.2) is 0 Å². The van der Waals surface area contributed by atoms with Crippen molar-refractivity contribution in [3.63, 3.8) is 0 Å². The summed E-state index contributed by atoms with van der Waals surface area (Å²) in [6, 6.07) is 8.27. The van der Waals surface area contributed by atoms with Gasteiger partial charge in [0.1, 0.15) is 5.75 Å². The van der Waals surface area contributed by atoms with Gasteiger partial charge in [0, 0.05) is 0 Å². The van der Waals surface area contributed by atoms with Gasteiger partial charge in [0.15, 0.2) is 0 Å². The molecule has 0 aliphatic heterocycles. The quantitative estimate of drug-likeness (QED) is 0.610. The van der Waals surface area contributed by atoms with Crippen LogP contribution in [-0.4, -0.2) is 6.61 Å². The number of unbranched alkanes of at least 4 members (excludes halogenated alkanes) is 3. The molecular formula is C15H23O. The summed E-state index contributed by atoms with van der Waals surface area (Å²) in [5.74, 6) is 1.32. The highest BCUT2D eigenvalue weighted by atomic mass is 16.5. The Balaban J connectivity index is 2.27. The molecule has 0 fully saturated rings. The molecule has 1 rings (SSSR count). The Kier molecular flexibility index (Phi) is 5.99. The lowest BCUT2D eigenvalue weighted by atomic mass is 10.0. The molecule has 1 heteroatoms. The van der Waals surface area contributed by atoms with E-state index >= 15 is 0 Å². The third-order valence-corrected chi connectivity index (χ3v) is 2.72. The number of benzene rings is 1. The van der Waals surface area contributed by atoms with Gasteiger partial charge in [-0.3, -0.25) is 0 Å². The molecule has 0 saturated carbocycles. The second-order valence-electron chi connectivity index (χ2n) is 4.38. The zero-order valence-corrected chi connectivity index (χ0v) is 10.5. The van der Waals surface area contributed by atoms with Gasteiger partial charge in [0.25, 0.3) is 0 Å². The Morgan fingerprint density at radius 1 is 1.12 bits per heavy atom. The van der Waals surface area contributed by atoms with Crippen LogP contribution < -0.4 is 4.74 Å². The van der Waals surface area contributed by atoms with Gasteiger partial charge in [-0.15, -0.1) is 0 Å². The molecule has 0 bridgehead atoms. The van der Waals surface area contributed by atoms with E-state index in [0.29, 0.717) is 5.92 Å². The van der Waals surface area contributed by atoms with Crippen LogP contribution in [0, 0.1) is 6.92 Å². The summed E-state index contributed by atoms with van der Waals surface area (Å²) in [5.41, 5.74) is 1.26. The molecule has 0 amide bonds. The lowest BCUT2D eigenvalue weighted by Gasteiger charge is -2.08. The van der Waals surface area contributed by atoms with Crippen molar-refractivity contribution in [3.05, 3.63) is 36.8 Å². The molecule has 0 aliphatic rings. The van der Waals surface area contributed by atoms with Crippen LogP contribution in [0.15, 0.2) is 24.3 Å². The van der Waals surface area contributed by atoms with E-state index in [1.165, 1.54) is 24.8 Å². The van der Waals surface area contributed by atoms with Crippen LogP contribution in [-0.2, 0) is 0 Å². The number of hydrogen-bond donors (Lipinski definition) is 0. The third kappa shape index (κ3) is 4.69. The van der Waals surface area contributed by atoms with Crippen molar-refractivity contribution in [2.45, 2.75) is 45.4 Å². The van der Waals surface area contributed by atoms with Gasteiger partial charge < -0.3 is 4.74 Å². The minimum Gasteiger partial charge on any atom is -0.494 e. The van der Waals surface area contributed by atoms with Crippen LogP contribution in [0.5, 0.6) is 5.75 Å². The maximum absolute atomic E-state index is 5.67. The zero-order valence-electron chi connectivity index (χ0n) is 10.5. The molecule has 0 heterocycles. The van der Waals surface area contributed by atoms with E-state index in [2.05, 4.69) is 32.9 Å². The summed E-state index contributed by atoms with van der Waals surface area (Å²) in [5, 5.41) is 0. The van der Waals surface area contributed by atoms with Crippen molar-refractivity contribution in [1.29, 1.82) is 0 Å². The average molecular weight is 219 g/mol. The molecule has 1 aromatic carbocycles. The van der Waals surface area contributed by atoms with Crippen molar-refractivity contribution in [1.82, 2.24) is 0 Å². The van der Waals surface area contributed by atoms with Crippen molar-refractivity contribution in [2.24, 2.45) is 0 Å². The third-order valence-electron chi connectivity index (χ3n) is 2.72. The van der Waals surface area contributed by atoms with Gasteiger partial charge in [-0.2, -0.15) is 0 Å². The first-order valence-electron chi connectivity index (χ1n) is 6.30. The monoisotopic (exact) mass is 219 g/mol. The minimum atomic E-state index is 0.346. The second-order valence-corrected chi connectivity index (χ2v) is 4.38. The Morgan fingerprint density at radius 2 is 1.81 bits per heavy atom. The Bertz CT molecular complexity index is 274. The maximum atomic E-state index is 5.67. The zero-order chi connectivity index (χ0) is 11.8. The molecular weight excluding hydrogens is 196 g/mol. The Labute approximate surface area is 99.8 Å². The fourth-order valence-corrected chi connectivity index (χ4v) is 1.61. The number of ether oxygens (including phenoxy) is 1. The first kappa shape index (κ1) is 13.1. The number of rotatable bonds is 7. The predicted molar refractivity (Wildman–Crippen MR) is 69.9 cm³/mol. The van der Waals surface area contributed by atoms with Gasteiger partial charge in [-0.1, -0.05) is 45.2 Å². The van der Waals surface area contributed by atoms with Crippen LogP contribution in [0.3, 0.4) is 0 Å². The molecule has 1 atom stereocenters. The molecule has 1 aromatic rings. The molecule has 0 aromatic heterocycles. The summed E-state index contributed by atoms with van der Waals surface area (Å²) >= 11 is 0. The van der Waals surface area contributed by atoms with E-state index in [1.807, 2.05) is 12.1 Å². The lowest BCUT2D eigenvalue weighted by molar-refractivity contribution is 0.305. The van der Waals surface area contributed by atoms with Crippen molar-refractivity contribution in [3.8, 4) is 5.75 Å². The second kappa shape index (κ2) is 7.32. The summed E-state index contributed by atoms with van der Waals surface area (Å²) in [6.07, 6.45) is 5.00. The van der Waals surface area contributed by atoms with Gasteiger partial charge in [0.05, 0.1) is 6.61 Å². The SMILES string of the molecule is [CH2]C(C)c1ccc(OCCCCCC)cc1. The van der Waals surface area contributed by atoms with E-state index in [-0.39, 0.29) is 0 Å². The average Bonchev–Trinajstić information content (AvgIpc) is 2.29. The highest BCUT2D eigenvalue weighted by molar-refractivity contribution is 5.29. The lowest BCUT2D eigenvalue weighted by Crippen LogP contribution is -1.97. The van der Waals surface area contributed by atoms with E-state index in [1.54, 1.807) is 0 Å². The van der Waals surface area contributed by atoms with Crippen LogP contribution >= 0.6 is 0 Å². The van der Waals surface area contributed by atoms with E-state index < -0.39 is 0 Å². The largest absolute Gasteiger partial charge is 0.494 e. The van der Waals surface area contributed by atoms with Gasteiger partial charge in [-0.05, 0) is 37.0 Å². The van der Waals surface area contributed by atoms with E-state index in [9.17, 15) is 0 Å².